The predicted octanol–water partition coefficient (Wildman–Crippen LogP) is -1.65. The lowest BCUT2D eigenvalue weighted by Gasteiger charge is -2.03. The van der Waals surface area contributed by atoms with Crippen LogP contribution < -0.4 is 5.73 Å². The number of aliphatic carboxylic acids is 1. The Hall–Kier alpha value is -0.940. The summed E-state index contributed by atoms with van der Waals surface area (Å²) in [6.45, 7) is -0.700. The summed E-state index contributed by atoms with van der Waals surface area (Å²) < 4.78 is 0. The monoisotopic (exact) mass is 147 g/mol. The van der Waals surface area contributed by atoms with Gasteiger partial charge in [-0.15, -0.1) is 0 Å². The molecular weight excluding hydrogens is 138 g/mol. The third kappa shape index (κ3) is 3.16. The molecule has 0 aromatic heterocycles. The molecule has 0 aliphatic rings. The maximum atomic E-state index is 10.4. The highest BCUT2D eigenvalue weighted by Gasteiger charge is 2.14. The number of aliphatic hydroxyl groups is 1. The van der Waals surface area contributed by atoms with E-state index < -0.39 is 30.8 Å². The fourth-order valence-corrected chi connectivity index (χ4v) is 0.419. The molecule has 5 nitrogen and oxygen atoms in total. The van der Waals surface area contributed by atoms with Crippen LogP contribution in [0.5, 0.6) is 0 Å². The lowest BCUT2D eigenvalue weighted by Crippen LogP contribution is -2.34. The second-order valence-electron chi connectivity index (χ2n) is 1.83. The number of nitrogens with two attached hydrogens (primary N) is 1. The van der Waals surface area contributed by atoms with Crippen LogP contribution in [0.1, 0.15) is 6.42 Å². The first kappa shape index (κ1) is 9.06. The average Bonchev–Trinajstić information content (AvgIpc) is 1.85. The summed E-state index contributed by atoms with van der Waals surface area (Å²) in [6, 6.07) is -1.08. The Bertz CT molecular complexity index is 145. The minimum atomic E-state index is -1.14. The Kier molecular flexibility index (Phi) is 3.60. The maximum absolute atomic E-state index is 10.4. The van der Waals surface area contributed by atoms with Gasteiger partial charge in [0.15, 0.2) is 5.78 Å². The first-order valence-corrected chi connectivity index (χ1v) is 2.69. The number of hydrogen-bond donors (Lipinski definition) is 3. The van der Waals surface area contributed by atoms with E-state index in [2.05, 4.69) is 0 Å². The van der Waals surface area contributed by atoms with Crippen LogP contribution in [0.3, 0.4) is 0 Å². The highest BCUT2D eigenvalue weighted by molar-refractivity contribution is 5.88. The van der Waals surface area contributed by atoms with Crippen LogP contribution in [0.25, 0.3) is 0 Å². The Morgan fingerprint density at radius 3 is 2.30 bits per heavy atom. The zero-order valence-corrected chi connectivity index (χ0v) is 5.28. The highest BCUT2D eigenvalue weighted by atomic mass is 16.4. The molecular formula is C5H9NO4. The number of carbonyl (C=O) groups excluding carboxylic acids is 1. The molecule has 0 aromatic carbocycles. The summed E-state index contributed by atoms with van der Waals surface area (Å²) in [5.41, 5.74) is 5.04. The van der Waals surface area contributed by atoms with Crippen LogP contribution >= 0.6 is 0 Å². The fraction of sp³-hybridized carbons (Fsp3) is 0.600. The van der Waals surface area contributed by atoms with Gasteiger partial charge in [-0.25, -0.2) is 0 Å². The number of aliphatic hydroxyl groups excluding tert-OH is 1. The lowest BCUT2D eigenvalue weighted by molar-refractivity contribution is -0.139. The van der Waals surface area contributed by atoms with Crippen molar-refractivity contribution >= 4 is 11.8 Å². The highest BCUT2D eigenvalue weighted by Crippen LogP contribution is 1.88. The largest absolute Gasteiger partial charge is 0.481 e. The van der Waals surface area contributed by atoms with Crippen LogP contribution in [0.4, 0.5) is 0 Å². The summed E-state index contributed by atoms with van der Waals surface area (Å²) in [5, 5.41) is 16.3. The van der Waals surface area contributed by atoms with Gasteiger partial charge >= 0.3 is 5.97 Å². The van der Waals surface area contributed by atoms with Gasteiger partial charge in [0.2, 0.25) is 0 Å². The maximum Gasteiger partial charge on any atom is 0.305 e. The predicted molar refractivity (Wildman–Crippen MR) is 32.3 cm³/mol. The van der Waals surface area contributed by atoms with Crippen molar-refractivity contribution in [2.45, 2.75) is 12.5 Å². The second kappa shape index (κ2) is 3.97. The van der Waals surface area contributed by atoms with E-state index in [0.29, 0.717) is 0 Å². The number of ketones is 1. The minimum Gasteiger partial charge on any atom is -0.481 e. The number of hydrogen-bond acceptors (Lipinski definition) is 4. The molecule has 0 fully saturated rings. The van der Waals surface area contributed by atoms with E-state index in [-0.39, 0.29) is 0 Å². The van der Waals surface area contributed by atoms with Crippen molar-refractivity contribution in [2.24, 2.45) is 5.73 Å². The zero-order chi connectivity index (χ0) is 8.15. The van der Waals surface area contributed by atoms with Gasteiger partial charge in [-0.1, -0.05) is 0 Å². The minimum absolute atomic E-state index is 0.431. The second-order valence-corrected chi connectivity index (χ2v) is 1.83. The summed E-state index contributed by atoms with van der Waals surface area (Å²) in [5.74, 6) is -1.79. The van der Waals surface area contributed by atoms with Crippen molar-refractivity contribution in [3.8, 4) is 0 Å². The van der Waals surface area contributed by atoms with Crippen molar-refractivity contribution in [2.75, 3.05) is 6.61 Å². The summed E-state index contributed by atoms with van der Waals surface area (Å²) >= 11 is 0. The number of Topliss-reactive ketones (excluding diaryl/α,β-unsaturated/α-hetero) is 1. The topological polar surface area (TPSA) is 101 Å². The lowest BCUT2D eigenvalue weighted by atomic mass is 10.1. The van der Waals surface area contributed by atoms with E-state index in [1.807, 2.05) is 0 Å². The van der Waals surface area contributed by atoms with Crippen molar-refractivity contribution in [1.29, 1.82) is 0 Å². The summed E-state index contributed by atoms with van der Waals surface area (Å²) in [4.78, 5) is 20.3. The van der Waals surface area contributed by atoms with Gasteiger partial charge in [0, 0.05) is 0 Å². The van der Waals surface area contributed by atoms with E-state index in [1.165, 1.54) is 0 Å². The van der Waals surface area contributed by atoms with Crippen LogP contribution in [0.2, 0.25) is 0 Å². The molecule has 58 valence electrons. The zero-order valence-electron chi connectivity index (χ0n) is 5.28. The molecule has 5 heteroatoms. The molecule has 4 N–H and O–H groups in total. The molecule has 0 radical (unpaired) electrons. The molecule has 0 bridgehead atoms. The third-order valence-corrected chi connectivity index (χ3v) is 0.964. The molecule has 0 heterocycles. The summed E-state index contributed by atoms with van der Waals surface area (Å²) in [6.07, 6.45) is -0.431. The van der Waals surface area contributed by atoms with Gasteiger partial charge in [-0.05, 0) is 0 Å². The average molecular weight is 147 g/mol. The molecule has 10 heavy (non-hydrogen) atoms. The fourth-order valence-electron chi connectivity index (χ4n) is 0.419. The van der Waals surface area contributed by atoms with Crippen molar-refractivity contribution in [1.82, 2.24) is 0 Å². The number of carbonyl (C=O) groups is 2. The summed E-state index contributed by atoms with van der Waals surface area (Å²) in [7, 11) is 0. The van der Waals surface area contributed by atoms with Crippen LogP contribution in [-0.2, 0) is 9.59 Å². The van der Waals surface area contributed by atoms with E-state index in [1.54, 1.807) is 0 Å². The van der Waals surface area contributed by atoms with Gasteiger partial charge in [0.25, 0.3) is 0 Å². The molecule has 0 aliphatic carbocycles. The Labute approximate surface area is 57.5 Å². The van der Waals surface area contributed by atoms with E-state index in [4.69, 9.17) is 15.9 Å². The third-order valence-electron chi connectivity index (χ3n) is 0.964. The molecule has 0 amide bonds. The van der Waals surface area contributed by atoms with Crippen molar-refractivity contribution in [3.05, 3.63) is 0 Å². The molecule has 0 unspecified atom stereocenters. The molecule has 0 saturated heterocycles. The van der Waals surface area contributed by atoms with Gasteiger partial charge in [-0.2, -0.15) is 0 Å². The smallest absolute Gasteiger partial charge is 0.305 e. The number of rotatable bonds is 4. The standard InChI is InChI=1S/C5H9NO4/c6-3(1-5(9)10)4(8)2-7/h3,7H,1-2,6H2,(H,9,10)/t3-/m0/s1. The number of carboxylic acids is 1. The number of carboxylic acid groups (broad SMARTS) is 1. The Morgan fingerprint density at radius 1 is 1.50 bits per heavy atom. The van der Waals surface area contributed by atoms with Crippen LogP contribution in [-0.4, -0.2) is 34.6 Å². The molecule has 0 saturated carbocycles. The van der Waals surface area contributed by atoms with Crippen molar-refractivity contribution in [3.63, 3.8) is 0 Å². The van der Waals surface area contributed by atoms with E-state index >= 15 is 0 Å². The van der Waals surface area contributed by atoms with Gasteiger partial charge in [-0.3, -0.25) is 9.59 Å². The molecule has 0 spiro atoms. The first-order valence-electron chi connectivity index (χ1n) is 2.69. The van der Waals surface area contributed by atoms with E-state index in [9.17, 15) is 9.59 Å². The first-order chi connectivity index (χ1) is 4.57. The molecule has 0 aliphatic heterocycles. The Morgan fingerprint density at radius 2 is 2.00 bits per heavy atom. The normalized spacial score (nSPS) is 12.6. The molecule has 1 atom stereocenters. The Balaban J connectivity index is 3.72. The van der Waals surface area contributed by atoms with Gasteiger partial charge in [0.05, 0.1) is 12.5 Å². The SMILES string of the molecule is N[C@@H](CC(=O)O)C(=O)CO. The van der Waals surface area contributed by atoms with Crippen LogP contribution in [0, 0.1) is 0 Å². The molecule has 0 rings (SSSR count). The van der Waals surface area contributed by atoms with Gasteiger partial charge < -0.3 is 15.9 Å². The van der Waals surface area contributed by atoms with Gasteiger partial charge in [0.1, 0.15) is 6.61 Å². The van der Waals surface area contributed by atoms with Crippen molar-refractivity contribution < 1.29 is 19.8 Å². The van der Waals surface area contributed by atoms with Crippen LogP contribution in [0.15, 0.2) is 0 Å². The molecule has 0 aromatic rings. The quantitative estimate of drug-likeness (QED) is 0.442. The van der Waals surface area contributed by atoms with E-state index in [0.717, 1.165) is 0 Å².